The molecule has 2 aliphatic rings. The van der Waals surface area contributed by atoms with E-state index in [2.05, 4.69) is 33.8 Å². The monoisotopic (exact) mass is 381 g/mol. The number of fused-ring (bicyclic) bond motifs is 1. The molecule has 3 unspecified atom stereocenters. The molecule has 27 heavy (non-hydrogen) atoms. The maximum atomic E-state index is 12.6. The van der Waals surface area contributed by atoms with E-state index >= 15 is 0 Å². The third-order valence-corrected chi connectivity index (χ3v) is 5.46. The lowest BCUT2D eigenvalue weighted by atomic mass is 9.57. The number of hydrogen-bond donors (Lipinski definition) is 1. The Kier molecular flexibility index (Phi) is 4.03. The first-order chi connectivity index (χ1) is 12.7. The number of benzene rings is 1. The Morgan fingerprint density at radius 2 is 1.96 bits per heavy atom. The topological polar surface area (TPSA) is 77.3 Å². The highest BCUT2D eigenvalue weighted by Gasteiger charge is 2.59. The zero-order chi connectivity index (χ0) is 19.4. The summed E-state index contributed by atoms with van der Waals surface area (Å²) in [4.78, 5) is 15.9. The molecule has 1 aliphatic carbocycles. The zero-order valence-corrected chi connectivity index (χ0v) is 14.7. The molecule has 144 valence electrons. The second kappa shape index (κ2) is 6.05. The van der Waals surface area contributed by atoms with Crippen molar-refractivity contribution < 1.29 is 27.2 Å². The summed E-state index contributed by atoms with van der Waals surface area (Å²) in [6, 6.07) is 6.08. The van der Waals surface area contributed by atoms with Crippen molar-refractivity contribution in [3.8, 4) is 11.4 Å². The summed E-state index contributed by atoms with van der Waals surface area (Å²) in [6.07, 6.45) is -3.59. The minimum atomic E-state index is -4.69. The van der Waals surface area contributed by atoms with Gasteiger partial charge in [-0.2, -0.15) is 18.2 Å². The normalized spacial score (nSPS) is 26.3. The van der Waals surface area contributed by atoms with Crippen molar-refractivity contribution in [2.75, 3.05) is 6.61 Å². The van der Waals surface area contributed by atoms with Crippen LogP contribution in [0.4, 0.5) is 13.2 Å². The van der Waals surface area contributed by atoms with E-state index in [-0.39, 0.29) is 29.3 Å². The van der Waals surface area contributed by atoms with Gasteiger partial charge in [-0.3, -0.25) is 4.79 Å². The van der Waals surface area contributed by atoms with Crippen molar-refractivity contribution in [3.63, 3.8) is 0 Å². The van der Waals surface area contributed by atoms with Crippen LogP contribution < -0.4 is 5.32 Å². The fraction of sp³-hybridized carbons (Fsp3) is 0.500. The van der Waals surface area contributed by atoms with Crippen LogP contribution in [0.1, 0.15) is 36.5 Å². The number of hydrogen-bond acceptors (Lipinski definition) is 5. The van der Waals surface area contributed by atoms with Crippen LogP contribution in [-0.2, 0) is 10.9 Å². The van der Waals surface area contributed by atoms with Gasteiger partial charge in [0.25, 0.3) is 5.91 Å². The predicted octanol–water partition coefficient (Wildman–Crippen LogP) is 3.30. The molecular weight excluding hydrogens is 363 g/mol. The molecule has 2 fully saturated rings. The van der Waals surface area contributed by atoms with Gasteiger partial charge in [-0.1, -0.05) is 31.1 Å². The van der Waals surface area contributed by atoms with Crippen molar-refractivity contribution >= 4 is 5.91 Å². The van der Waals surface area contributed by atoms with Crippen LogP contribution in [0.3, 0.4) is 0 Å². The van der Waals surface area contributed by atoms with Gasteiger partial charge in [-0.25, -0.2) is 0 Å². The minimum absolute atomic E-state index is 0.0312. The Morgan fingerprint density at radius 3 is 2.59 bits per heavy atom. The summed E-state index contributed by atoms with van der Waals surface area (Å²) in [5.41, 5.74) is 0.616. The average molecular weight is 381 g/mol. The Bertz CT molecular complexity index is 861. The molecule has 0 bridgehead atoms. The first-order valence-corrected chi connectivity index (χ1v) is 8.62. The molecule has 4 rings (SSSR count). The quantitative estimate of drug-likeness (QED) is 0.883. The first kappa shape index (κ1) is 18.0. The third kappa shape index (κ3) is 2.99. The Labute approximate surface area is 153 Å². The molecule has 0 spiro atoms. The van der Waals surface area contributed by atoms with Crippen LogP contribution in [-0.4, -0.2) is 34.8 Å². The number of halogens is 3. The number of nitrogens with zero attached hydrogens (tertiary/aromatic N) is 2. The number of nitrogens with one attached hydrogen (secondary N) is 1. The molecular formula is C18H18F3N3O3. The molecule has 1 N–H and O–H groups in total. The third-order valence-electron chi connectivity index (χ3n) is 5.46. The Hall–Kier alpha value is -2.42. The Balaban J connectivity index is 1.46. The number of carbonyl (C=O) groups is 1. The van der Waals surface area contributed by atoms with E-state index in [1.165, 1.54) is 24.3 Å². The van der Waals surface area contributed by atoms with E-state index < -0.39 is 12.1 Å². The molecule has 2 aromatic rings. The van der Waals surface area contributed by atoms with Gasteiger partial charge < -0.3 is 14.6 Å². The number of rotatable bonds is 3. The smallest absolute Gasteiger partial charge is 0.377 e. The van der Waals surface area contributed by atoms with E-state index in [4.69, 9.17) is 4.74 Å². The second-order valence-electron chi connectivity index (χ2n) is 7.51. The molecule has 1 aliphatic heterocycles. The summed E-state index contributed by atoms with van der Waals surface area (Å²) >= 11 is 0. The van der Waals surface area contributed by atoms with Gasteiger partial charge in [0.05, 0.1) is 6.10 Å². The maximum Gasteiger partial charge on any atom is 0.471 e. The summed E-state index contributed by atoms with van der Waals surface area (Å²) in [7, 11) is 0. The van der Waals surface area contributed by atoms with Crippen molar-refractivity contribution in [1.29, 1.82) is 0 Å². The number of carbonyl (C=O) groups excluding carboxylic acids is 1. The standard InChI is InChI=1S/C18H18F3N3O3/c1-17(2)12(11-7-8-26-13(11)17)22-15(25)10-5-3-9(4-6-10)14-23-16(27-24-14)18(19,20)21/h3-6,11-13H,7-8H2,1-2H3,(H,22,25). The summed E-state index contributed by atoms with van der Waals surface area (Å²) < 4.78 is 47.6. The minimum Gasteiger partial charge on any atom is -0.377 e. The molecule has 6 nitrogen and oxygen atoms in total. The lowest BCUT2D eigenvalue weighted by molar-refractivity contribution is -0.159. The highest BCUT2D eigenvalue weighted by Crippen LogP contribution is 2.52. The van der Waals surface area contributed by atoms with Gasteiger partial charge in [0, 0.05) is 35.1 Å². The van der Waals surface area contributed by atoms with Crippen molar-refractivity contribution in [2.24, 2.45) is 11.3 Å². The van der Waals surface area contributed by atoms with Crippen molar-refractivity contribution in [3.05, 3.63) is 35.7 Å². The molecule has 1 saturated carbocycles. The largest absolute Gasteiger partial charge is 0.471 e. The molecule has 9 heteroatoms. The number of alkyl halides is 3. The van der Waals surface area contributed by atoms with Gasteiger partial charge in [-0.05, 0) is 18.6 Å². The Morgan fingerprint density at radius 1 is 1.26 bits per heavy atom. The lowest BCUT2D eigenvalue weighted by Gasteiger charge is -2.54. The van der Waals surface area contributed by atoms with Crippen LogP contribution in [0, 0.1) is 11.3 Å². The highest BCUT2D eigenvalue weighted by atomic mass is 19.4. The molecule has 0 radical (unpaired) electrons. The lowest BCUT2D eigenvalue weighted by Crippen LogP contribution is -2.66. The molecule has 2 heterocycles. The molecule has 3 atom stereocenters. The van der Waals surface area contributed by atoms with Crippen LogP contribution in [0.25, 0.3) is 11.4 Å². The van der Waals surface area contributed by atoms with Gasteiger partial charge in [0.2, 0.25) is 5.82 Å². The van der Waals surface area contributed by atoms with Crippen LogP contribution in [0.15, 0.2) is 28.8 Å². The molecule has 1 aromatic carbocycles. The SMILES string of the molecule is CC1(C)C(NC(=O)c2ccc(-c3noc(C(F)(F)F)n3)cc2)C2CCOC21. The highest BCUT2D eigenvalue weighted by molar-refractivity contribution is 5.95. The molecule has 1 saturated heterocycles. The number of aromatic nitrogens is 2. The first-order valence-electron chi connectivity index (χ1n) is 8.62. The van der Waals surface area contributed by atoms with E-state index in [9.17, 15) is 18.0 Å². The fourth-order valence-electron chi connectivity index (χ4n) is 4.07. The molecule has 1 aromatic heterocycles. The number of ether oxygens (including phenoxy) is 1. The van der Waals surface area contributed by atoms with E-state index in [1.54, 1.807) is 0 Å². The van der Waals surface area contributed by atoms with Crippen LogP contribution in [0.2, 0.25) is 0 Å². The van der Waals surface area contributed by atoms with Crippen molar-refractivity contribution in [1.82, 2.24) is 15.5 Å². The van der Waals surface area contributed by atoms with Crippen LogP contribution in [0.5, 0.6) is 0 Å². The molecule has 1 amide bonds. The van der Waals surface area contributed by atoms with Crippen molar-refractivity contribution in [2.45, 2.75) is 38.6 Å². The summed E-state index contributed by atoms with van der Waals surface area (Å²) in [5.74, 6) is -1.49. The average Bonchev–Trinajstić information content (AvgIpc) is 3.27. The van der Waals surface area contributed by atoms with Gasteiger partial charge >= 0.3 is 12.1 Å². The zero-order valence-electron chi connectivity index (χ0n) is 14.7. The summed E-state index contributed by atoms with van der Waals surface area (Å²) in [5, 5.41) is 6.39. The van der Waals surface area contributed by atoms with Gasteiger partial charge in [0.1, 0.15) is 0 Å². The maximum absolute atomic E-state index is 12.6. The van der Waals surface area contributed by atoms with E-state index in [0.717, 1.165) is 6.42 Å². The van der Waals surface area contributed by atoms with E-state index in [1.807, 2.05) is 0 Å². The van der Waals surface area contributed by atoms with Gasteiger partial charge in [0.15, 0.2) is 0 Å². The fourth-order valence-corrected chi connectivity index (χ4v) is 4.07. The van der Waals surface area contributed by atoms with Gasteiger partial charge in [-0.15, -0.1) is 0 Å². The predicted molar refractivity (Wildman–Crippen MR) is 87.6 cm³/mol. The number of amides is 1. The van der Waals surface area contributed by atoms with Crippen LogP contribution >= 0.6 is 0 Å². The summed E-state index contributed by atoms with van der Waals surface area (Å²) in [6.45, 7) is 4.86. The van der Waals surface area contributed by atoms with E-state index in [0.29, 0.717) is 23.7 Å². The second-order valence-corrected chi connectivity index (χ2v) is 7.51.